The molecule has 1 aliphatic rings. The van der Waals surface area contributed by atoms with Gasteiger partial charge in [-0.2, -0.15) is 0 Å². The van der Waals surface area contributed by atoms with Crippen LogP contribution in [0.1, 0.15) is 38.3 Å². The molecular formula is C15H23N3O2. The van der Waals surface area contributed by atoms with E-state index < -0.39 is 0 Å². The van der Waals surface area contributed by atoms with E-state index in [9.17, 15) is 10.1 Å². The highest BCUT2D eigenvalue weighted by atomic mass is 16.6. The number of benzene rings is 1. The molecular weight excluding hydrogens is 254 g/mol. The molecule has 0 aromatic heterocycles. The van der Waals surface area contributed by atoms with E-state index in [0.717, 1.165) is 31.5 Å². The number of hydrogen-bond donors (Lipinski definition) is 1. The maximum atomic E-state index is 11.1. The lowest BCUT2D eigenvalue weighted by Gasteiger charge is -2.39. The van der Waals surface area contributed by atoms with Crippen LogP contribution >= 0.6 is 0 Å². The van der Waals surface area contributed by atoms with E-state index in [-0.39, 0.29) is 22.7 Å². The molecule has 1 heterocycles. The predicted molar refractivity (Wildman–Crippen MR) is 79.5 cm³/mol. The van der Waals surface area contributed by atoms with Crippen LogP contribution in [0.25, 0.3) is 0 Å². The van der Waals surface area contributed by atoms with Gasteiger partial charge in [0.2, 0.25) is 0 Å². The Bertz CT molecular complexity index is 478. The maximum Gasteiger partial charge on any atom is 0.274 e. The summed E-state index contributed by atoms with van der Waals surface area (Å²) in [7, 11) is 0. The zero-order valence-electron chi connectivity index (χ0n) is 12.2. The van der Waals surface area contributed by atoms with Gasteiger partial charge in [0.05, 0.1) is 4.92 Å². The van der Waals surface area contributed by atoms with Crippen molar-refractivity contribution >= 4 is 5.69 Å². The summed E-state index contributed by atoms with van der Waals surface area (Å²) in [5.41, 5.74) is 7.14. The Balaban J connectivity index is 2.19. The molecule has 2 N–H and O–H groups in total. The third kappa shape index (κ3) is 2.99. The first kappa shape index (κ1) is 14.9. The summed E-state index contributed by atoms with van der Waals surface area (Å²) in [6.45, 7) is 6.03. The van der Waals surface area contributed by atoms with E-state index in [0.29, 0.717) is 5.92 Å². The molecule has 0 saturated carbocycles. The van der Waals surface area contributed by atoms with E-state index in [4.69, 9.17) is 5.73 Å². The van der Waals surface area contributed by atoms with Gasteiger partial charge in [-0.05, 0) is 19.3 Å². The fourth-order valence-corrected chi connectivity index (χ4v) is 3.07. The number of likely N-dealkylation sites (tertiary alicyclic amines) is 1. The van der Waals surface area contributed by atoms with Gasteiger partial charge in [-0.15, -0.1) is 0 Å². The Morgan fingerprint density at radius 2 is 2.20 bits per heavy atom. The van der Waals surface area contributed by atoms with Crippen LogP contribution in [0.4, 0.5) is 5.69 Å². The number of para-hydroxylation sites is 1. The highest BCUT2D eigenvalue weighted by Crippen LogP contribution is 2.32. The molecule has 1 aromatic rings. The van der Waals surface area contributed by atoms with Crippen molar-refractivity contribution in [1.82, 2.24) is 4.90 Å². The highest BCUT2D eigenvalue weighted by molar-refractivity contribution is 5.41. The highest BCUT2D eigenvalue weighted by Gasteiger charge is 2.30. The molecule has 20 heavy (non-hydrogen) atoms. The molecule has 5 nitrogen and oxygen atoms in total. The Morgan fingerprint density at radius 3 is 2.85 bits per heavy atom. The Labute approximate surface area is 119 Å². The maximum absolute atomic E-state index is 11.1. The topological polar surface area (TPSA) is 72.4 Å². The molecule has 1 fully saturated rings. The number of nitrogens with zero attached hydrogens (tertiary/aromatic N) is 2. The third-order valence-corrected chi connectivity index (χ3v) is 4.48. The van der Waals surface area contributed by atoms with Crippen LogP contribution in [0, 0.1) is 16.0 Å². The van der Waals surface area contributed by atoms with Crippen molar-refractivity contribution in [2.75, 3.05) is 13.1 Å². The summed E-state index contributed by atoms with van der Waals surface area (Å²) in [4.78, 5) is 13.2. The molecule has 3 unspecified atom stereocenters. The number of nitrogens with two attached hydrogens (primary N) is 1. The van der Waals surface area contributed by atoms with E-state index in [1.807, 2.05) is 19.1 Å². The second kappa shape index (κ2) is 6.33. The minimum atomic E-state index is -0.293. The van der Waals surface area contributed by atoms with Gasteiger partial charge in [0.15, 0.2) is 0 Å². The zero-order chi connectivity index (χ0) is 14.7. The third-order valence-electron chi connectivity index (χ3n) is 4.48. The lowest BCUT2D eigenvalue weighted by molar-refractivity contribution is -0.386. The Kier molecular flexibility index (Phi) is 4.73. The summed E-state index contributed by atoms with van der Waals surface area (Å²) < 4.78 is 0. The summed E-state index contributed by atoms with van der Waals surface area (Å²) in [5.74, 6) is 0.481. The van der Waals surface area contributed by atoms with Gasteiger partial charge in [0, 0.05) is 36.8 Å². The zero-order valence-corrected chi connectivity index (χ0v) is 12.2. The van der Waals surface area contributed by atoms with Crippen LogP contribution in [-0.2, 0) is 0 Å². The molecule has 5 heteroatoms. The van der Waals surface area contributed by atoms with Gasteiger partial charge < -0.3 is 5.73 Å². The van der Waals surface area contributed by atoms with Crippen molar-refractivity contribution in [3.8, 4) is 0 Å². The predicted octanol–water partition coefficient (Wildman–Crippen LogP) is 2.71. The summed E-state index contributed by atoms with van der Waals surface area (Å²) in [6, 6.07) is 7.34. The second-order valence-corrected chi connectivity index (χ2v) is 5.61. The number of piperidine rings is 1. The minimum Gasteiger partial charge on any atom is -0.327 e. The first-order valence-corrected chi connectivity index (χ1v) is 7.27. The van der Waals surface area contributed by atoms with Crippen molar-refractivity contribution in [1.29, 1.82) is 0 Å². The van der Waals surface area contributed by atoms with Crippen molar-refractivity contribution in [2.45, 2.75) is 38.8 Å². The molecule has 0 amide bonds. The van der Waals surface area contributed by atoms with Gasteiger partial charge >= 0.3 is 0 Å². The number of nitro benzene ring substituents is 1. The first-order valence-electron chi connectivity index (χ1n) is 7.27. The molecule has 2 rings (SSSR count). The van der Waals surface area contributed by atoms with E-state index in [2.05, 4.69) is 11.8 Å². The average Bonchev–Trinajstić information content (AvgIpc) is 2.47. The standard InChI is InChI=1S/C15H23N3O2/c1-3-12-10-17(9-8-14(12)16)11(2)13-6-4-5-7-15(13)18(19)20/h4-7,11-12,14H,3,8-10,16H2,1-2H3. The molecule has 1 aromatic carbocycles. The molecule has 1 saturated heterocycles. The minimum absolute atomic E-state index is 0.0538. The quantitative estimate of drug-likeness (QED) is 0.678. The molecule has 0 spiro atoms. The van der Waals surface area contributed by atoms with E-state index in [1.54, 1.807) is 12.1 Å². The summed E-state index contributed by atoms with van der Waals surface area (Å²) in [6.07, 6.45) is 2.02. The Morgan fingerprint density at radius 1 is 1.50 bits per heavy atom. The summed E-state index contributed by atoms with van der Waals surface area (Å²) >= 11 is 0. The van der Waals surface area contributed by atoms with Gasteiger partial charge in [-0.3, -0.25) is 15.0 Å². The van der Waals surface area contributed by atoms with Crippen molar-refractivity contribution < 1.29 is 4.92 Å². The van der Waals surface area contributed by atoms with Crippen LogP contribution in [0.15, 0.2) is 24.3 Å². The van der Waals surface area contributed by atoms with Crippen molar-refractivity contribution in [3.63, 3.8) is 0 Å². The molecule has 110 valence electrons. The van der Waals surface area contributed by atoms with Crippen LogP contribution < -0.4 is 5.73 Å². The smallest absolute Gasteiger partial charge is 0.274 e. The average molecular weight is 277 g/mol. The van der Waals surface area contributed by atoms with E-state index >= 15 is 0 Å². The summed E-state index contributed by atoms with van der Waals surface area (Å²) in [5, 5.41) is 11.1. The number of hydrogen-bond acceptors (Lipinski definition) is 4. The van der Waals surface area contributed by atoms with Crippen LogP contribution in [0.3, 0.4) is 0 Å². The van der Waals surface area contributed by atoms with Gasteiger partial charge in [-0.25, -0.2) is 0 Å². The fourth-order valence-electron chi connectivity index (χ4n) is 3.07. The van der Waals surface area contributed by atoms with Crippen molar-refractivity contribution in [3.05, 3.63) is 39.9 Å². The number of rotatable bonds is 4. The lowest BCUT2D eigenvalue weighted by Crippen LogP contribution is -2.47. The van der Waals surface area contributed by atoms with Crippen LogP contribution in [-0.4, -0.2) is 29.0 Å². The van der Waals surface area contributed by atoms with Crippen LogP contribution in [0.5, 0.6) is 0 Å². The fraction of sp³-hybridized carbons (Fsp3) is 0.600. The molecule has 0 aliphatic carbocycles. The second-order valence-electron chi connectivity index (χ2n) is 5.61. The molecule has 1 aliphatic heterocycles. The molecule has 0 radical (unpaired) electrons. The molecule has 3 atom stereocenters. The number of nitro groups is 1. The van der Waals surface area contributed by atoms with E-state index in [1.165, 1.54) is 0 Å². The van der Waals surface area contributed by atoms with Gasteiger partial charge in [-0.1, -0.05) is 31.5 Å². The largest absolute Gasteiger partial charge is 0.327 e. The lowest BCUT2D eigenvalue weighted by atomic mass is 9.89. The monoisotopic (exact) mass is 277 g/mol. The Hall–Kier alpha value is -1.46. The van der Waals surface area contributed by atoms with Crippen molar-refractivity contribution in [2.24, 2.45) is 11.7 Å². The molecule has 0 bridgehead atoms. The van der Waals surface area contributed by atoms with Gasteiger partial charge in [0.1, 0.15) is 0 Å². The SMILES string of the molecule is CCC1CN(C(C)c2ccccc2[N+](=O)[O-])CCC1N. The van der Waals surface area contributed by atoms with Crippen LogP contribution in [0.2, 0.25) is 0 Å². The first-order chi connectivity index (χ1) is 9.54. The van der Waals surface area contributed by atoms with Gasteiger partial charge in [0.25, 0.3) is 5.69 Å². The normalized spacial score (nSPS) is 25.4.